The molecule has 1 atom stereocenters. The molecule has 1 amide bonds. The average Bonchev–Trinajstić information content (AvgIpc) is 3.18. The van der Waals surface area contributed by atoms with E-state index in [1.165, 1.54) is 12.8 Å². The molecule has 2 aliphatic rings. The number of carbonyl (C=O) groups is 1. The SMILES string of the molecule is CC(C)(O)C1CCCN1C(=O)c1ccc(OC2CCCC2)cc1. The van der Waals surface area contributed by atoms with Crippen molar-refractivity contribution in [3.8, 4) is 5.75 Å². The molecule has 1 aliphatic carbocycles. The molecule has 1 heterocycles. The van der Waals surface area contributed by atoms with E-state index in [1.54, 1.807) is 13.8 Å². The lowest BCUT2D eigenvalue weighted by molar-refractivity contribution is 0.000332. The summed E-state index contributed by atoms with van der Waals surface area (Å²) in [4.78, 5) is 14.5. The van der Waals surface area contributed by atoms with Crippen LogP contribution in [-0.4, -0.2) is 40.2 Å². The first-order valence-corrected chi connectivity index (χ1v) is 8.75. The molecule has 4 heteroatoms. The first kappa shape index (κ1) is 16.3. The maximum Gasteiger partial charge on any atom is 0.254 e. The molecule has 23 heavy (non-hydrogen) atoms. The maximum absolute atomic E-state index is 12.7. The van der Waals surface area contributed by atoms with Crippen LogP contribution in [0.25, 0.3) is 0 Å². The average molecular weight is 317 g/mol. The minimum atomic E-state index is -0.863. The Morgan fingerprint density at radius 1 is 1.13 bits per heavy atom. The highest BCUT2D eigenvalue weighted by Gasteiger charge is 2.38. The molecule has 4 nitrogen and oxygen atoms in total. The van der Waals surface area contributed by atoms with Gasteiger partial charge in [0.1, 0.15) is 5.75 Å². The fourth-order valence-corrected chi connectivity index (χ4v) is 3.78. The van der Waals surface area contributed by atoms with Gasteiger partial charge in [0.25, 0.3) is 5.91 Å². The van der Waals surface area contributed by atoms with Crippen LogP contribution in [0.2, 0.25) is 0 Å². The molecule has 1 aromatic carbocycles. The van der Waals surface area contributed by atoms with Crippen molar-refractivity contribution in [1.29, 1.82) is 0 Å². The quantitative estimate of drug-likeness (QED) is 0.926. The van der Waals surface area contributed by atoms with Gasteiger partial charge in [-0.25, -0.2) is 0 Å². The smallest absolute Gasteiger partial charge is 0.254 e. The van der Waals surface area contributed by atoms with Gasteiger partial charge in [0.05, 0.1) is 17.7 Å². The van der Waals surface area contributed by atoms with Crippen LogP contribution in [0.15, 0.2) is 24.3 Å². The molecule has 126 valence electrons. The van der Waals surface area contributed by atoms with E-state index >= 15 is 0 Å². The number of rotatable bonds is 4. The predicted molar refractivity (Wildman–Crippen MR) is 89.7 cm³/mol. The van der Waals surface area contributed by atoms with E-state index in [-0.39, 0.29) is 11.9 Å². The molecule has 1 unspecified atom stereocenters. The Bertz CT molecular complexity index is 541. The van der Waals surface area contributed by atoms with E-state index in [4.69, 9.17) is 4.74 Å². The van der Waals surface area contributed by atoms with Gasteiger partial charge in [-0.05, 0) is 76.6 Å². The summed E-state index contributed by atoms with van der Waals surface area (Å²) in [5.74, 6) is 0.843. The fraction of sp³-hybridized carbons (Fsp3) is 0.632. The standard InChI is InChI=1S/C19H27NO3/c1-19(2,22)17-8-5-13-20(17)18(21)14-9-11-16(12-10-14)23-15-6-3-4-7-15/h9-12,15,17,22H,3-8,13H2,1-2H3. The van der Waals surface area contributed by atoms with Crippen molar-refractivity contribution >= 4 is 5.91 Å². The first-order chi connectivity index (χ1) is 10.9. The molecule has 1 aromatic rings. The number of aliphatic hydroxyl groups is 1. The summed E-state index contributed by atoms with van der Waals surface area (Å²) in [6, 6.07) is 7.35. The van der Waals surface area contributed by atoms with Gasteiger partial charge in [-0.1, -0.05) is 0 Å². The van der Waals surface area contributed by atoms with Crippen LogP contribution >= 0.6 is 0 Å². The number of ether oxygens (including phenoxy) is 1. The Balaban J connectivity index is 1.67. The Morgan fingerprint density at radius 2 is 1.78 bits per heavy atom. The number of hydrogen-bond acceptors (Lipinski definition) is 3. The molecule has 1 N–H and O–H groups in total. The summed E-state index contributed by atoms with van der Waals surface area (Å²) < 4.78 is 5.95. The summed E-state index contributed by atoms with van der Waals surface area (Å²) in [7, 11) is 0. The zero-order chi connectivity index (χ0) is 16.4. The van der Waals surface area contributed by atoms with E-state index in [2.05, 4.69) is 0 Å². The topological polar surface area (TPSA) is 49.8 Å². The van der Waals surface area contributed by atoms with E-state index in [0.29, 0.717) is 18.2 Å². The molecule has 3 rings (SSSR count). The van der Waals surface area contributed by atoms with E-state index in [9.17, 15) is 9.90 Å². The largest absolute Gasteiger partial charge is 0.490 e. The van der Waals surface area contributed by atoms with Crippen LogP contribution in [0.3, 0.4) is 0 Å². The second-order valence-corrected chi connectivity index (χ2v) is 7.36. The Hall–Kier alpha value is -1.55. The van der Waals surface area contributed by atoms with Gasteiger partial charge in [0, 0.05) is 12.1 Å². The van der Waals surface area contributed by atoms with Crippen LogP contribution in [-0.2, 0) is 0 Å². The van der Waals surface area contributed by atoms with Gasteiger partial charge >= 0.3 is 0 Å². The van der Waals surface area contributed by atoms with Gasteiger partial charge in [0.2, 0.25) is 0 Å². The van der Waals surface area contributed by atoms with E-state index in [0.717, 1.165) is 31.4 Å². The van der Waals surface area contributed by atoms with E-state index in [1.807, 2.05) is 29.2 Å². The van der Waals surface area contributed by atoms with Gasteiger partial charge in [-0.2, -0.15) is 0 Å². The van der Waals surface area contributed by atoms with Crippen molar-refractivity contribution in [2.24, 2.45) is 0 Å². The van der Waals surface area contributed by atoms with Crippen LogP contribution < -0.4 is 4.74 Å². The third-order valence-electron chi connectivity index (χ3n) is 5.04. The number of nitrogens with zero attached hydrogens (tertiary/aromatic N) is 1. The van der Waals surface area contributed by atoms with Gasteiger partial charge < -0.3 is 14.7 Å². The lowest BCUT2D eigenvalue weighted by Gasteiger charge is -2.33. The van der Waals surface area contributed by atoms with E-state index < -0.39 is 5.60 Å². The molecule has 1 saturated heterocycles. The summed E-state index contributed by atoms with van der Waals surface area (Å²) >= 11 is 0. The van der Waals surface area contributed by atoms with Crippen molar-refractivity contribution < 1.29 is 14.6 Å². The van der Waals surface area contributed by atoms with Crippen LogP contribution in [0.5, 0.6) is 5.75 Å². The summed E-state index contributed by atoms with van der Waals surface area (Å²) in [6.45, 7) is 4.28. The highest BCUT2D eigenvalue weighted by atomic mass is 16.5. The monoisotopic (exact) mass is 317 g/mol. The molecular formula is C19H27NO3. The lowest BCUT2D eigenvalue weighted by atomic mass is 9.96. The third-order valence-corrected chi connectivity index (χ3v) is 5.04. The molecule has 0 radical (unpaired) electrons. The molecule has 0 bridgehead atoms. The van der Waals surface area contributed by atoms with Crippen LogP contribution in [0.1, 0.15) is 62.7 Å². The van der Waals surface area contributed by atoms with Crippen molar-refractivity contribution in [1.82, 2.24) is 4.90 Å². The molecule has 0 aromatic heterocycles. The minimum absolute atomic E-state index is 0.00189. The molecule has 1 saturated carbocycles. The van der Waals surface area contributed by atoms with Gasteiger partial charge in [-0.3, -0.25) is 4.79 Å². The summed E-state index contributed by atoms with van der Waals surface area (Å²) in [5.41, 5.74) is -0.197. The number of benzene rings is 1. The summed E-state index contributed by atoms with van der Waals surface area (Å²) in [6.07, 6.45) is 6.88. The Morgan fingerprint density at radius 3 is 2.39 bits per heavy atom. The molecule has 0 spiro atoms. The minimum Gasteiger partial charge on any atom is -0.490 e. The number of amides is 1. The predicted octanol–water partition coefficient (Wildman–Crippen LogP) is 3.38. The fourth-order valence-electron chi connectivity index (χ4n) is 3.78. The number of likely N-dealkylation sites (tertiary alicyclic amines) is 1. The molecule has 1 aliphatic heterocycles. The zero-order valence-electron chi connectivity index (χ0n) is 14.1. The zero-order valence-corrected chi connectivity index (χ0v) is 14.1. The maximum atomic E-state index is 12.7. The first-order valence-electron chi connectivity index (χ1n) is 8.75. The summed E-state index contributed by atoms with van der Waals surface area (Å²) in [5, 5.41) is 10.3. The number of carbonyl (C=O) groups excluding carboxylic acids is 1. The van der Waals surface area contributed by atoms with Crippen molar-refractivity contribution in [3.05, 3.63) is 29.8 Å². The lowest BCUT2D eigenvalue weighted by Crippen LogP contribution is -2.48. The van der Waals surface area contributed by atoms with Crippen LogP contribution in [0.4, 0.5) is 0 Å². The molecular weight excluding hydrogens is 290 g/mol. The van der Waals surface area contributed by atoms with Gasteiger partial charge in [-0.15, -0.1) is 0 Å². The Labute approximate surface area is 138 Å². The second kappa shape index (κ2) is 6.52. The Kier molecular flexibility index (Phi) is 4.62. The normalized spacial score (nSPS) is 22.6. The van der Waals surface area contributed by atoms with Crippen molar-refractivity contribution in [2.75, 3.05) is 6.54 Å². The van der Waals surface area contributed by atoms with Crippen LogP contribution in [0, 0.1) is 0 Å². The highest BCUT2D eigenvalue weighted by Crippen LogP contribution is 2.29. The molecule has 2 fully saturated rings. The van der Waals surface area contributed by atoms with Crippen molar-refractivity contribution in [2.45, 2.75) is 70.1 Å². The second-order valence-electron chi connectivity index (χ2n) is 7.36. The van der Waals surface area contributed by atoms with Crippen molar-refractivity contribution in [3.63, 3.8) is 0 Å². The third kappa shape index (κ3) is 3.69. The van der Waals surface area contributed by atoms with Gasteiger partial charge in [0.15, 0.2) is 0 Å². The highest BCUT2D eigenvalue weighted by molar-refractivity contribution is 5.94. The number of hydrogen-bond donors (Lipinski definition) is 1.